The fourth-order valence-electron chi connectivity index (χ4n) is 1.63. The van der Waals surface area contributed by atoms with E-state index < -0.39 is 0 Å². The zero-order valence-corrected chi connectivity index (χ0v) is 10.9. The Balaban J connectivity index is 2.02. The average Bonchev–Trinajstić information content (AvgIpc) is 2.92. The number of amides is 1. The van der Waals surface area contributed by atoms with Gasteiger partial charge in [0.2, 0.25) is 0 Å². The van der Waals surface area contributed by atoms with Gasteiger partial charge in [-0.3, -0.25) is 9.89 Å². The van der Waals surface area contributed by atoms with Crippen LogP contribution in [0.2, 0.25) is 0 Å². The largest absolute Gasteiger partial charge is 0.384 e. The minimum absolute atomic E-state index is 0.153. The lowest BCUT2D eigenvalue weighted by Gasteiger charge is -2.15. The van der Waals surface area contributed by atoms with E-state index in [1.165, 1.54) is 11.2 Å². The molecule has 7 nitrogen and oxygen atoms in total. The molecule has 0 aliphatic rings. The minimum atomic E-state index is -0.153. The van der Waals surface area contributed by atoms with Crippen LogP contribution in [0.25, 0.3) is 0 Å². The quantitative estimate of drug-likeness (QED) is 0.834. The molecule has 0 unspecified atom stereocenters. The molecule has 1 amide bonds. The van der Waals surface area contributed by atoms with Gasteiger partial charge in [-0.1, -0.05) is 0 Å². The number of nitrogens with zero attached hydrogens (tertiary/aromatic N) is 4. The first-order valence-corrected chi connectivity index (χ1v) is 6.00. The zero-order valence-electron chi connectivity index (χ0n) is 10.9. The van der Waals surface area contributed by atoms with E-state index in [4.69, 9.17) is 0 Å². The molecule has 100 valence electrons. The fourth-order valence-corrected chi connectivity index (χ4v) is 1.63. The monoisotopic (exact) mass is 260 g/mol. The van der Waals surface area contributed by atoms with Crippen LogP contribution in [0, 0.1) is 0 Å². The number of anilines is 1. The van der Waals surface area contributed by atoms with Gasteiger partial charge in [-0.25, -0.2) is 9.97 Å². The summed E-state index contributed by atoms with van der Waals surface area (Å²) in [5.41, 5.74) is 1.31. The Hall–Kier alpha value is -2.44. The number of hydrogen-bond acceptors (Lipinski definition) is 5. The van der Waals surface area contributed by atoms with Crippen molar-refractivity contribution in [3.8, 4) is 0 Å². The molecule has 2 aromatic rings. The number of nitrogens with one attached hydrogen (secondary N) is 2. The van der Waals surface area contributed by atoms with Crippen molar-refractivity contribution in [2.45, 2.75) is 13.5 Å². The highest BCUT2D eigenvalue weighted by Gasteiger charge is 2.14. The molecule has 0 atom stereocenters. The van der Waals surface area contributed by atoms with E-state index in [1.54, 1.807) is 19.3 Å². The van der Waals surface area contributed by atoms with Crippen LogP contribution in [0.3, 0.4) is 0 Å². The van der Waals surface area contributed by atoms with Gasteiger partial charge in [0.05, 0.1) is 18.4 Å². The van der Waals surface area contributed by atoms with Gasteiger partial charge in [-0.2, -0.15) is 5.10 Å². The maximum absolute atomic E-state index is 12.1. The molecule has 0 saturated carbocycles. The number of pyridine rings is 1. The van der Waals surface area contributed by atoms with E-state index in [1.807, 2.05) is 13.0 Å². The lowest BCUT2D eigenvalue weighted by atomic mass is 10.3. The van der Waals surface area contributed by atoms with Crippen molar-refractivity contribution >= 4 is 11.6 Å². The Morgan fingerprint density at radius 1 is 1.42 bits per heavy atom. The van der Waals surface area contributed by atoms with Gasteiger partial charge in [0, 0.05) is 13.6 Å². The number of hydrogen-bond donors (Lipinski definition) is 2. The molecule has 2 aromatic heterocycles. The SMILES string of the molecule is CCNc1ccc(C(=O)N(C)Cc2ncn[nH]2)nc1. The van der Waals surface area contributed by atoms with Gasteiger partial charge in [-0.15, -0.1) is 0 Å². The Morgan fingerprint density at radius 3 is 2.84 bits per heavy atom. The molecule has 2 N–H and O–H groups in total. The molecule has 0 aromatic carbocycles. The van der Waals surface area contributed by atoms with Crippen molar-refractivity contribution in [3.63, 3.8) is 0 Å². The number of carbonyl (C=O) groups is 1. The van der Waals surface area contributed by atoms with Crippen LogP contribution in [-0.2, 0) is 6.54 Å². The summed E-state index contributed by atoms with van der Waals surface area (Å²) >= 11 is 0. The highest BCUT2D eigenvalue weighted by molar-refractivity contribution is 5.92. The lowest BCUT2D eigenvalue weighted by Crippen LogP contribution is -2.27. The van der Waals surface area contributed by atoms with Crippen LogP contribution in [0.1, 0.15) is 23.2 Å². The first kappa shape index (κ1) is 13.0. The van der Waals surface area contributed by atoms with E-state index in [0.717, 1.165) is 12.2 Å². The van der Waals surface area contributed by atoms with Gasteiger partial charge >= 0.3 is 0 Å². The molecule has 0 saturated heterocycles. The molecular formula is C12H16N6O. The normalized spacial score (nSPS) is 10.2. The van der Waals surface area contributed by atoms with Gasteiger partial charge in [0.15, 0.2) is 0 Å². The number of carbonyl (C=O) groups excluding carboxylic acids is 1. The topological polar surface area (TPSA) is 86.8 Å². The Labute approximate surface area is 111 Å². The van der Waals surface area contributed by atoms with Crippen LogP contribution >= 0.6 is 0 Å². The molecule has 0 bridgehead atoms. The van der Waals surface area contributed by atoms with Crippen molar-refractivity contribution in [1.29, 1.82) is 0 Å². The van der Waals surface area contributed by atoms with E-state index in [0.29, 0.717) is 18.1 Å². The number of H-pyrrole nitrogens is 1. The van der Waals surface area contributed by atoms with E-state index in [9.17, 15) is 4.79 Å². The first-order valence-electron chi connectivity index (χ1n) is 6.00. The van der Waals surface area contributed by atoms with Crippen molar-refractivity contribution < 1.29 is 4.79 Å². The molecular weight excluding hydrogens is 244 g/mol. The van der Waals surface area contributed by atoms with Crippen molar-refractivity contribution in [2.75, 3.05) is 18.9 Å². The molecule has 0 fully saturated rings. The van der Waals surface area contributed by atoms with Gasteiger partial charge in [0.25, 0.3) is 5.91 Å². The summed E-state index contributed by atoms with van der Waals surface area (Å²) in [4.78, 5) is 21.8. The molecule has 0 radical (unpaired) electrons. The van der Waals surface area contributed by atoms with Crippen LogP contribution in [0.4, 0.5) is 5.69 Å². The molecule has 0 spiro atoms. The van der Waals surface area contributed by atoms with Crippen molar-refractivity contribution in [2.24, 2.45) is 0 Å². The van der Waals surface area contributed by atoms with Crippen LogP contribution in [0.5, 0.6) is 0 Å². The summed E-state index contributed by atoms with van der Waals surface area (Å²) in [5.74, 6) is 0.486. The molecule has 2 heterocycles. The standard InChI is InChI=1S/C12H16N6O/c1-3-13-9-4-5-10(14-6-9)12(19)18(2)7-11-15-8-16-17-11/h4-6,8,13H,3,7H2,1-2H3,(H,15,16,17). The van der Waals surface area contributed by atoms with Gasteiger partial charge in [-0.05, 0) is 19.1 Å². The van der Waals surface area contributed by atoms with E-state index in [2.05, 4.69) is 25.5 Å². The van der Waals surface area contributed by atoms with E-state index >= 15 is 0 Å². The minimum Gasteiger partial charge on any atom is -0.384 e. The second-order valence-electron chi connectivity index (χ2n) is 4.06. The highest BCUT2D eigenvalue weighted by Crippen LogP contribution is 2.08. The Kier molecular flexibility index (Phi) is 4.07. The van der Waals surface area contributed by atoms with Crippen molar-refractivity contribution in [1.82, 2.24) is 25.1 Å². The number of aromatic nitrogens is 4. The third-order valence-corrected chi connectivity index (χ3v) is 2.56. The number of aromatic amines is 1. The molecule has 7 heteroatoms. The smallest absolute Gasteiger partial charge is 0.272 e. The molecule has 2 rings (SSSR count). The Bertz CT molecular complexity index is 522. The number of rotatable bonds is 5. The third-order valence-electron chi connectivity index (χ3n) is 2.56. The van der Waals surface area contributed by atoms with Crippen molar-refractivity contribution in [3.05, 3.63) is 36.2 Å². The summed E-state index contributed by atoms with van der Waals surface area (Å²) in [6.07, 6.45) is 3.07. The molecule has 19 heavy (non-hydrogen) atoms. The predicted octanol–water partition coefficient (Wildman–Crippen LogP) is 0.904. The van der Waals surface area contributed by atoms with Crippen LogP contribution in [0.15, 0.2) is 24.7 Å². The average molecular weight is 260 g/mol. The summed E-state index contributed by atoms with van der Waals surface area (Å²) in [6.45, 7) is 3.19. The third kappa shape index (κ3) is 3.27. The highest BCUT2D eigenvalue weighted by atomic mass is 16.2. The zero-order chi connectivity index (χ0) is 13.7. The first-order chi connectivity index (χ1) is 9.20. The summed E-state index contributed by atoms with van der Waals surface area (Å²) < 4.78 is 0. The van der Waals surface area contributed by atoms with Gasteiger partial charge in [0.1, 0.15) is 17.8 Å². The summed E-state index contributed by atoms with van der Waals surface area (Å²) in [5, 5.41) is 9.58. The maximum atomic E-state index is 12.1. The second kappa shape index (κ2) is 5.94. The summed E-state index contributed by atoms with van der Waals surface area (Å²) in [7, 11) is 1.70. The maximum Gasteiger partial charge on any atom is 0.272 e. The second-order valence-corrected chi connectivity index (χ2v) is 4.06. The van der Waals surface area contributed by atoms with Crippen LogP contribution in [-0.4, -0.2) is 44.6 Å². The van der Waals surface area contributed by atoms with Crippen LogP contribution < -0.4 is 5.32 Å². The molecule has 0 aliphatic heterocycles. The summed E-state index contributed by atoms with van der Waals surface area (Å²) in [6, 6.07) is 3.54. The van der Waals surface area contributed by atoms with E-state index in [-0.39, 0.29) is 5.91 Å². The lowest BCUT2D eigenvalue weighted by molar-refractivity contribution is 0.0776. The Morgan fingerprint density at radius 2 is 2.26 bits per heavy atom. The predicted molar refractivity (Wildman–Crippen MR) is 70.6 cm³/mol. The van der Waals surface area contributed by atoms with Gasteiger partial charge < -0.3 is 10.2 Å². The fraction of sp³-hybridized carbons (Fsp3) is 0.333. The molecule has 0 aliphatic carbocycles.